The predicted octanol–water partition coefficient (Wildman–Crippen LogP) is 0.0777. The smallest absolute Gasteiger partial charge is 0.314 e. The molecule has 0 aliphatic heterocycles. The van der Waals surface area contributed by atoms with Crippen molar-refractivity contribution >= 4 is 12.4 Å². The van der Waals surface area contributed by atoms with Gasteiger partial charge in [0.25, 0.3) is 0 Å². The van der Waals surface area contributed by atoms with Crippen LogP contribution in [0, 0.1) is 5.92 Å². The van der Waals surface area contributed by atoms with Crippen LogP contribution in [0.25, 0.3) is 0 Å². The lowest BCUT2D eigenvalue weighted by molar-refractivity contribution is -0.109. The summed E-state index contributed by atoms with van der Waals surface area (Å²) in [5.74, 6) is 0.456. The highest BCUT2D eigenvalue weighted by atomic mass is 16.2. The Kier molecular flexibility index (Phi) is 7.59. The van der Waals surface area contributed by atoms with Gasteiger partial charge in [-0.2, -0.15) is 0 Å². The molecular weight excluding hydrogens is 182 g/mol. The maximum atomic E-state index is 11.1. The molecule has 0 aromatic rings. The van der Waals surface area contributed by atoms with E-state index >= 15 is 0 Å². The van der Waals surface area contributed by atoms with Gasteiger partial charge in [0.05, 0.1) is 0 Å². The van der Waals surface area contributed by atoms with Crippen LogP contribution in [0.2, 0.25) is 0 Å². The number of rotatable bonds is 7. The molecule has 0 aromatic carbocycles. The van der Waals surface area contributed by atoms with E-state index in [0.29, 0.717) is 32.0 Å². The van der Waals surface area contributed by atoms with Crippen LogP contribution >= 0.6 is 0 Å². The highest BCUT2D eigenvalue weighted by Gasteiger charge is 1.99. The van der Waals surface area contributed by atoms with Crippen molar-refractivity contribution < 1.29 is 9.59 Å². The minimum absolute atomic E-state index is 0.148. The monoisotopic (exact) mass is 201 g/mol. The molecule has 0 aliphatic rings. The van der Waals surface area contributed by atoms with Crippen LogP contribution in [0.3, 0.4) is 0 Å². The van der Waals surface area contributed by atoms with E-state index < -0.39 is 0 Å². The van der Waals surface area contributed by atoms with E-state index in [4.69, 9.17) is 0 Å². The van der Waals surface area contributed by atoms with Crippen molar-refractivity contribution in [2.45, 2.75) is 20.3 Å². The van der Waals surface area contributed by atoms with Crippen LogP contribution in [0.15, 0.2) is 0 Å². The van der Waals surface area contributed by atoms with E-state index in [-0.39, 0.29) is 6.03 Å². The van der Waals surface area contributed by atoms with Crippen molar-refractivity contribution in [2.75, 3.05) is 19.6 Å². The fourth-order valence-corrected chi connectivity index (χ4v) is 0.811. The third-order valence-electron chi connectivity index (χ3n) is 1.54. The quantitative estimate of drug-likeness (QED) is 0.403. The maximum absolute atomic E-state index is 11.1. The van der Waals surface area contributed by atoms with Gasteiger partial charge in [0, 0.05) is 19.6 Å². The van der Waals surface area contributed by atoms with Gasteiger partial charge < -0.3 is 16.0 Å². The van der Waals surface area contributed by atoms with Crippen LogP contribution in [-0.2, 0) is 4.79 Å². The Morgan fingerprint density at radius 3 is 2.57 bits per heavy atom. The van der Waals surface area contributed by atoms with E-state index in [1.54, 1.807) is 0 Å². The van der Waals surface area contributed by atoms with Crippen LogP contribution in [0.4, 0.5) is 4.79 Å². The van der Waals surface area contributed by atoms with Gasteiger partial charge in [-0.15, -0.1) is 0 Å². The molecule has 0 aromatic heterocycles. The Labute approximate surface area is 84.6 Å². The van der Waals surface area contributed by atoms with E-state index in [1.165, 1.54) is 0 Å². The molecule has 0 rings (SSSR count). The first-order valence-corrected chi connectivity index (χ1v) is 4.85. The highest BCUT2D eigenvalue weighted by molar-refractivity contribution is 5.73. The average molecular weight is 201 g/mol. The van der Waals surface area contributed by atoms with E-state index in [0.717, 1.165) is 6.42 Å². The third-order valence-corrected chi connectivity index (χ3v) is 1.54. The molecule has 5 nitrogen and oxygen atoms in total. The number of amides is 3. The third kappa shape index (κ3) is 8.83. The summed E-state index contributed by atoms with van der Waals surface area (Å²) < 4.78 is 0. The largest absolute Gasteiger partial charge is 0.359 e. The fourth-order valence-electron chi connectivity index (χ4n) is 0.811. The van der Waals surface area contributed by atoms with E-state index in [9.17, 15) is 9.59 Å². The highest BCUT2D eigenvalue weighted by Crippen LogP contribution is 1.86. The second kappa shape index (κ2) is 8.34. The topological polar surface area (TPSA) is 70.2 Å². The Hall–Kier alpha value is -1.26. The zero-order valence-electron chi connectivity index (χ0n) is 8.80. The normalized spacial score (nSPS) is 9.64. The molecule has 0 unspecified atom stereocenters. The molecule has 3 N–H and O–H groups in total. The average Bonchev–Trinajstić information content (AvgIpc) is 2.14. The van der Waals surface area contributed by atoms with Crippen molar-refractivity contribution in [1.82, 2.24) is 16.0 Å². The molecular formula is C9H19N3O2. The molecule has 0 radical (unpaired) electrons. The molecule has 0 saturated heterocycles. The Bertz CT molecular complexity index is 171. The van der Waals surface area contributed by atoms with Gasteiger partial charge in [-0.25, -0.2) is 4.79 Å². The predicted molar refractivity (Wildman–Crippen MR) is 54.9 cm³/mol. The number of nitrogens with one attached hydrogen (secondary N) is 3. The fraction of sp³-hybridized carbons (Fsp3) is 0.778. The van der Waals surface area contributed by atoms with Gasteiger partial charge in [-0.1, -0.05) is 13.8 Å². The summed E-state index contributed by atoms with van der Waals surface area (Å²) in [7, 11) is 0. The molecule has 0 atom stereocenters. The molecule has 0 aliphatic carbocycles. The molecule has 0 heterocycles. The van der Waals surface area contributed by atoms with Crippen molar-refractivity contribution in [2.24, 2.45) is 5.92 Å². The second-order valence-corrected chi connectivity index (χ2v) is 3.46. The van der Waals surface area contributed by atoms with Gasteiger partial charge in [-0.3, -0.25) is 4.79 Å². The van der Waals surface area contributed by atoms with Crippen LogP contribution in [-0.4, -0.2) is 32.1 Å². The molecule has 0 bridgehead atoms. The summed E-state index contributed by atoms with van der Waals surface area (Å²) in [6, 6.07) is -0.148. The Morgan fingerprint density at radius 2 is 2.00 bits per heavy atom. The molecule has 0 saturated carbocycles. The first-order chi connectivity index (χ1) is 6.66. The number of carbonyl (C=O) groups excluding carboxylic acids is 2. The molecule has 82 valence electrons. The molecule has 5 heteroatoms. The standard InChI is InChI=1S/C9H19N3O2/c1-8(2)6-12-9(14)11-5-3-4-10-7-13/h7-8H,3-6H2,1-2H3,(H,10,13)(H2,11,12,14). The van der Waals surface area contributed by atoms with Gasteiger partial charge in [-0.05, 0) is 12.3 Å². The van der Waals surface area contributed by atoms with E-state index in [1.807, 2.05) is 13.8 Å². The molecule has 0 fully saturated rings. The number of carbonyl (C=O) groups is 2. The van der Waals surface area contributed by atoms with Crippen LogP contribution in [0.1, 0.15) is 20.3 Å². The first kappa shape index (κ1) is 12.7. The zero-order valence-corrected chi connectivity index (χ0v) is 8.80. The van der Waals surface area contributed by atoms with Crippen LogP contribution in [0.5, 0.6) is 0 Å². The number of hydrogen-bond acceptors (Lipinski definition) is 2. The van der Waals surface area contributed by atoms with Crippen molar-refractivity contribution in [3.05, 3.63) is 0 Å². The summed E-state index contributed by atoms with van der Waals surface area (Å²) in [5, 5.41) is 7.94. The lowest BCUT2D eigenvalue weighted by Gasteiger charge is -2.08. The molecule has 14 heavy (non-hydrogen) atoms. The Morgan fingerprint density at radius 1 is 1.29 bits per heavy atom. The molecule has 0 spiro atoms. The summed E-state index contributed by atoms with van der Waals surface area (Å²) >= 11 is 0. The second-order valence-electron chi connectivity index (χ2n) is 3.46. The lowest BCUT2D eigenvalue weighted by atomic mass is 10.2. The Balaban J connectivity index is 3.22. The van der Waals surface area contributed by atoms with E-state index in [2.05, 4.69) is 16.0 Å². The van der Waals surface area contributed by atoms with Crippen LogP contribution < -0.4 is 16.0 Å². The van der Waals surface area contributed by atoms with Gasteiger partial charge >= 0.3 is 6.03 Å². The summed E-state index contributed by atoms with van der Waals surface area (Å²) in [4.78, 5) is 20.9. The van der Waals surface area contributed by atoms with Gasteiger partial charge in [0.2, 0.25) is 6.41 Å². The number of urea groups is 1. The molecule has 3 amide bonds. The van der Waals surface area contributed by atoms with Crippen molar-refractivity contribution in [3.8, 4) is 0 Å². The van der Waals surface area contributed by atoms with Crippen molar-refractivity contribution in [1.29, 1.82) is 0 Å². The number of hydrogen-bond donors (Lipinski definition) is 3. The maximum Gasteiger partial charge on any atom is 0.314 e. The lowest BCUT2D eigenvalue weighted by Crippen LogP contribution is -2.38. The van der Waals surface area contributed by atoms with Gasteiger partial charge in [0.15, 0.2) is 0 Å². The SMILES string of the molecule is CC(C)CNC(=O)NCCCNC=O. The van der Waals surface area contributed by atoms with Crippen molar-refractivity contribution in [3.63, 3.8) is 0 Å². The zero-order chi connectivity index (χ0) is 10.8. The van der Waals surface area contributed by atoms with Gasteiger partial charge in [0.1, 0.15) is 0 Å². The minimum atomic E-state index is -0.148. The summed E-state index contributed by atoms with van der Waals surface area (Å²) in [6.45, 7) is 5.92. The summed E-state index contributed by atoms with van der Waals surface area (Å²) in [5.41, 5.74) is 0. The minimum Gasteiger partial charge on any atom is -0.359 e. The summed E-state index contributed by atoms with van der Waals surface area (Å²) in [6.07, 6.45) is 1.40. The first-order valence-electron chi connectivity index (χ1n) is 4.85.